The number of rotatable bonds is 5. The molecule has 25 heavy (non-hydrogen) atoms. The van der Waals surface area contributed by atoms with Crippen molar-refractivity contribution in [3.05, 3.63) is 38.8 Å². The summed E-state index contributed by atoms with van der Waals surface area (Å²) in [4.78, 5) is 30.5. The minimum atomic E-state index is -0.809. The highest BCUT2D eigenvalue weighted by molar-refractivity contribution is 7.17. The Kier molecular flexibility index (Phi) is 6.26. The molecule has 0 aliphatic rings. The minimum absolute atomic E-state index is 0.159. The Hall–Kier alpha value is -1.83. The summed E-state index contributed by atoms with van der Waals surface area (Å²) in [6.45, 7) is 3.31. The van der Waals surface area contributed by atoms with Crippen molar-refractivity contribution in [3.63, 3.8) is 0 Å². The highest BCUT2D eigenvalue weighted by Crippen LogP contribution is 2.29. The first-order valence-electron chi connectivity index (χ1n) is 7.30. The quantitative estimate of drug-likeness (QED) is 0.825. The maximum absolute atomic E-state index is 12.3. The summed E-state index contributed by atoms with van der Waals surface area (Å²) < 4.78 is 5.56. The first-order valence-corrected chi connectivity index (χ1v) is 8.88. The average molecular weight is 402 g/mol. The number of nitrogens with one attached hydrogen (secondary N) is 1. The fourth-order valence-corrected chi connectivity index (χ4v) is 3.32. The van der Waals surface area contributed by atoms with Gasteiger partial charge in [-0.2, -0.15) is 0 Å². The zero-order chi connectivity index (χ0) is 18.7. The lowest BCUT2D eigenvalue weighted by atomic mass is 10.3. The largest absolute Gasteiger partial charge is 0.479 e. The van der Waals surface area contributed by atoms with Crippen LogP contribution in [-0.2, 0) is 4.79 Å². The van der Waals surface area contributed by atoms with E-state index in [4.69, 9.17) is 27.9 Å². The van der Waals surface area contributed by atoms with Gasteiger partial charge in [0.1, 0.15) is 10.6 Å². The molecule has 134 valence electrons. The molecule has 9 heteroatoms. The third-order valence-electron chi connectivity index (χ3n) is 3.19. The summed E-state index contributed by atoms with van der Waals surface area (Å²) in [5.41, 5.74) is 0.563. The smallest absolute Gasteiger partial charge is 0.266 e. The molecule has 0 bridgehead atoms. The Morgan fingerprint density at radius 1 is 1.32 bits per heavy atom. The molecule has 1 aromatic carbocycles. The van der Waals surface area contributed by atoms with E-state index in [0.717, 1.165) is 11.3 Å². The number of benzene rings is 1. The summed E-state index contributed by atoms with van der Waals surface area (Å²) in [6.07, 6.45) is -0.809. The van der Waals surface area contributed by atoms with Crippen molar-refractivity contribution in [2.75, 3.05) is 19.4 Å². The van der Waals surface area contributed by atoms with Crippen LogP contribution in [0.25, 0.3) is 0 Å². The zero-order valence-corrected chi connectivity index (χ0v) is 16.4. The van der Waals surface area contributed by atoms with Gasteiger partial charge in [0.05, 0.1) is 10.7 Å². The second-order valence-electron chi connectivity index (χ2n) is 5.46. The summed E-state index contributed by atoms with van der Waals surface area (Å²) in [6, 6.07) is 4.75. The molecule has 0 aliphatic heterocycles. The Balaban J connectivity index is 2.06. The number of aryl methyl sites for hydroxylation is 1. The molecule has 1 aromatic heterocycles. The molecule has 2 rings (SSSR count). The van der Waals surface area contributed by atoms with Crippen molar-refractivity contribution in [1.82, 2.24) is 9.88 Å². The monoisotopic (exact) mass is 401 g/mol. The van der Waals surface area contributed by atoms with Crippen molar-refractivity contribution in [2.45, 2.75) is 20.0 Å². The molecule has 1 heterocycles. The van der Waals surface area contributed by atoms with E-state index < -0.39 is 12.0 Å². The van der Waals surface area contributed by atoms with Crippen molar-refractivity contribution in [3.8, 4) is 5.75 Å². The fourth-order valence-electron chi connectivity index (χ4n) is 1.87. The average Bonchev–Trinajstić information content (AvgIpc) is 2.89. The van der Waals surface area contributed by atoms with Gasteiger partial charge in [-0.15, -0.1) is 0 Å². The Morgan fingerprint density at radius 3 is 2.60 bits per heavy atom. The third-order valence-corrected chi connectivity index (χ3v) is 4.79. The van der Waals surface area contributed by atoms with Gasteiger partial charge in [-0.1, -0.05) is 34.5 Å². The Labute approximate surface area is 159 Å². The minimum Gasteiger partial charge on any atom is -0.479 e. The predicted molar refractivity (Wildman–Crippen MR) is 100 cm³/mol. The molecule has 1 N–H and O–H groups in total. The number of anilines is 1. The van der Waals surface area contributed by atoms with Crippen LogP contribution in [0.5, 0.6) is 5.75 Å². The van der Waals surface area contributed by atoms with Gasteiger partial charge in [0, 0.05) is 19.1 Å². The molecular formula is C16H17Cl2N3O3S. The molecule has 0 fully saturated rings. The highest BCUT2D eigenvalue weighted by atomic mass is 35.5. The normalized spacial score (nSPS) is 11.8. The summed E-state index contributed by atoms with van der Waals surface area (Å²) >= 11 is 13.0. The molecule has 0 spiro atoms. The number of hydrogen-bond donors (Lipinski definition) is 1. The van der Waals surface area contributed by atoms with Crippen LogP contribution < -0.4 is 10.1 Å². The molecule has 0 radical (unpaired) electrons. The number of nitrogens with zero attached hydrogens (tertiary/aromatic N) is 2. The van der Waals surface area contributed by atoms with E-state index in [1.807, 2.05) is 0 Å². The van der Waals surface area contributed by atoms with Crippen LogP contribution in [0.2, 0.25) is 10.0 Å². The van der Waals surface area contributed by atoms with Crippen LogP contribution in [-0.4, -0.2) is 41.9 Å². The van der Waals surface area contributed by atoms with E-state index in [-0.39, 0.29) is 5.91 Å². The van der Waals surface area contributed by atoms with E-state index in [0.29, 0.717) is 31.5 Å². The maximum atomic E-state index is 12.3. The molecule has 0 saturated heterocycles. The summed E-state index contributed by atoms with van der Waals surface area (Å²) in [7, 11) is 3.32. The third kappa shape index (κ3) is 4.84. The number of carbonyl (C=O) groups excluding carboxylic acids is 2. The number of amides is 2. The van der Waals surface area contributed by atoms with Gasteiger partial charge in [-0.05, 0) is 32.0 Å². The maximum Gasteiger partial charge on any atom is 0.266 e. The van der Waals surface area contributed by atoms with Crippen LogP contribution in [0.4, 0.5) is 5.13 Å². The van der Waals surface area contributed by atoms with Crippen LogP contribution >= 0.6 is 34.5 Å². The molecule has 1 atom stereocenters. The van der Waals surface area contributed by atoms with Gasteiger partial charge < -0.3 is 9.64 Å². The van der Waals surface area contributed by atoms with E-state index in [2.05, 4.69) is 10.3 Å². The van der Waals surface area contributed by atoms with Crippen molar-refractivity contribution in [1.29, 1.82) is 0 Å². The molecule has 6 nitrogen and oxygen atoms in total. The molecule has 0 aliphatic carbocycles. The van der Waals surface area contributed by atoms with E-state index in [1.54, 1.807) is 40.1 Å². The van der Waals surface area contributed by atoms with Gasteiger partial charge in [0.2, 0.25) is 0 Å². The van der Waals surface area contributed by atoms with Crippen LogP contribution in [0.15, 0.2) is 18.2 Å². The van der Waals surface area contributed by atoms with Crippen molar-refractivity contribution >= 4 is 51.5 Å². The van der Waals surface area contributed by atoms with Crippen molar-refractivity contribution < 1.29 is 14.3 Å². The lowest BCUT2D eigenvalue weighted by Crippen LogP contribution is -2.30. The van der Waals surface area contributed by atoms with Gasteiger partial charge in [-0.25, -0.2) is 4.98 Å². The van der Waals surface area contributed by atoms with E-state index in [1.165, 1.54) is 11.0 Å². The first-order chi connectivity index (χ1) is 11.7. The zero-order valence-electron chi connectivity index (χ0n) is 14.1. The molecule has 2 amide bonds. The van der Waals surface area contributed by atoms with E-state index in [9.17, 15) is 9.59 Å². The first kappa shape index (κ1) is 19.5. The molecule has 2 aromatic rings. The number of ether oxygens (including phenoxy) is 1. The summed E-state index contributed by atoms with van der Waals surface area (Å²) in [5.74, 6) is -0.205. The number of hydrogen-bond acceptors (Lipinski definition) is 5. The van der Waals surface area contributed by atoms with Crippen LogP contribution in [0.1, 0.15) is 22.3 Å². The number of thiazole rings is 1. The fraction of sp³-hybridized carbons (Fsp3) is 0.312. The molecule has 0 saturated carbocycles. The predicted octanol–water partition coefficient (Wildman–Crippen LogP) is 3.87. The van der Waals surface area contributed by atoms with Gasteiger partial charge in [0.15, 0.2) is 11.2 Å². The van der Waals surface area contributed by atoms with Gasteiger partial charge in [-0.3, -0.25) is 14.9 Å². The highest BCUT2D eigenvalue weighted by Gasteiger charge is 2.21. The Morgan fingerprint density at radius 2 is 2.00 bits per heavy atom. The van der Waals surface area contributed by atoms with Crippen LogP contribution in [0.3, 0.4) is 0 Å². The van der Waals surface area contributed by atoms with E-state index >= 15 is 0 Å². The lowest BCUT2D eigenvalue weighted by Gasteiger charge is -2.14. The lowest BCUT2D eigenvalue weighted by molar-refractivity contribution is -0.122. The second kappa shape index (κ2) is 8.03. The topological polar surface area (TPSA) is 71.5 Å². The molecular weight excluding hydrogens is 385 g/mol. The second-order valence-corrected chi connectivity index (χ2v) is 7.30. The van der Waals surface area contributed by atoms with Gasteiger partial charge >= 0.3 is 0 Å². The standard InChI is InChI=1S/C16H17Cl2N3O3S/c1-8-13(15(23)21(3)4)25-16(19-8)20-14(22)9(2)24-12-6-5-10(17)7-11(12)18/h5-7,9H,1-4H3,(H,19,20,22). The number of halogens is 2. The number of carbonyl (C=O) groups is 2. The summed E-state index contributed by atoms with van der Waals surface area (Å²) in [5, 5.41) is 3.78. The number of aromatic nitrogens is 1. The molecule has 1 unspecified atom stereocenters. The SMILES string of the molecule is Cc1nc(NC(=O)C(C)Oc2ccc(Cl)cc2Cl)sc1C(=O)N(C)C. The van der Waals surface area contributed by atoms with Crippen LogP contribution in [0, 0.1) is 6.92 Å². The van der Waals surface area contributed by atoms with Gasteiger partial charge in [0.25, 0.3) is 11.8 Å². The van der Waals surface area contributed by atoms with Crippen molar-refractivity contribution in [2.24, 2.45) is 0 Å². The Bertz CT molecular complexity index is 808.